The standard InChI is InChI=1S/C63H106O6/c1-4-7-10-13-16-19-22-25-28-30-32-34-35-38-41-44-47-50-53-56-62(65)68-59-60(58-67-61(64)55-52-49-46-43-40-37-27-24-21-18-15-12-9-6-3)69-63(66)57-54-51-48-45-42-39-36-33-31-29-26-23-20-17-14-11-8-5-2/h7,10-11,14,16-17,19-20,23,25-26,28-29,31,33,36,60H,4-6,8-9,12-13,15,18,21-22,24,27,30,32,34-35,37-59H2,1-3H3/b10-7-,14-11-,19-16-,20-17-,26-23-,28-25-,31-29-,36-33-. The predicted octanol–water partition coefficient (Wildman–Crippen LogP) is 19.3. The summed E-state index contributed by atoms with van der Waals surface area (Å²) in [5.74, 6) is -0.913. The first-order valence-electron chi connectivity index (χ1n) is 28.8. The van der Waals surface area contributed by atoms with Gasteiger partial charge in [-0.25, -0.2) is 0 Å². The van der Waals surface area contributed by atoms with E-state index in [2.05, 4.69) is 93.7 Å². The molecule has 0 radical (unpaired) electrons. The summed E-state index contributed by atoms with van der Waals surface area (Å²) in [5.41, 5.74) is 0. The number of carbonyl (C=O) groups excluding carboxylic acids is 3. The number of allylic oxidation sites excluding steroid dienone is 16. The van der Waals surface area contributed by atoms with Crippen molar-refractivity contribution in [2.45, 2.75) is 271 Å². The van der Waals surface area contributed by atoms with E-state index in [-0.39, 0.29) is 31.1 Å². The minimum Gasteiger partial charge on any atom is -0.462 e. The van der Waals surface area contributed by atoms with Crippen LogP contribution in [0.3, 0.4) is 0 Å². The van der Waals surface area contributed by atoms with Gasteiger partial charge in [-0.2, -0.15) is 0 Å². The van der Waals surface area contributed by atoms with Crippen molar-refractivity contribution in [1.82, 2.24) is 0 Å². The lowest BCUT2D eigenvalue weighted by Crippen LogP contribution is -2.30. The van der Waals surface area contributed by atoms with Gasteiger partial charge in [-0.3, -0.25) is 14.4 Å². The second-order valence-corrected chi connectivity index (χ2v) is 18.9. The van der Waals surface area contributed by atoms with Crippen molar-refractivity contribution in [2.75, 3.05) is 13.2 Å². The van der Waals surface area contributed by atoms with Crippen LogP contribution < -0.4 is 0 Å². The molecule has 6 nitrogen and oxygen atoms in total. The number of esters is 3. The van der Waals surface area contributed by atoms with Gasteiger partial charge < -0.3 is 14.2 Å². The Balaban J connectivity index is 4.44. The van der Waals surface area contributed by atoms with E-state index in [4.69, 9.17) is 14.2 Å². The van der Waals surface area contributed by atoms with Gasteiger partial charge in [0, 0.05) is 19.3 Å². The Kier molecular flexibility index (Phi) is 53.9. The van der Waals surface area contributed by atoms with Gasteiger partial charge >= 0.3 is 17.9 Å². The van der Waals surface area contributed by atoms with E-state index in [1.807, 2.05) is 24.3 Å². The highest BCUT2D eigenvalue weighted by atomic mass is 16.6. The molecule has 0 amide bonds. The average Bonchev–Trinajstić information content (AvgIpc) is 3.35. The molecule has 0 aromatic rings. The number of hydrogen-bond donors (Lipinski definition) is 0. The molecule has 0 fully saturated rings. The molecular formula is C63H106O6. The topological polar surface area (TPSA) is 78.9 Å². The summed E-state index contributed by atoms with van der Waals surface area (Å²) in [6, 6.07) is 0. The maximum atomic E-state index is 12.9. The van der Waals surface area contributed by atoms with Gasteiger partial charge in [0.25, 0.3) is 0 Å². The molecule has 0 rings (SSSR count). The van der Waals surface area contributed by atoms with Crippen LogP contribution in [-0.4, -0.2) is 37.2 Å². The second kappa shape index (κ2) is 56.9. The van der Waals surface area contributed by atoms with Crippen molar-refractivity contribution in [3.05, 3.63) is 97.2 Å². The maximum Gasteiger partial charge on any atom is 0.306 e. The lowest BCUT2D eigenvalue weighted by molar-refractivity contribution is -0.167. The molecule has 0 bridgehead atoms. The molecule has 1 atom stereocenters. The highest BCUT2D eigenvalue weighted by Gasteiger charge is 2.19. The fourth-order valence-electron chi connectivity index (χ4n) is 7.90. The molecule has 6 heteroatoms. The third-order valence-corrected chi connectivity index (χ3v) is 12.2. The van der Waals surface area contributed by atoms with Gasteiger partial charge in [0.2, 0.25) is 0 Å². The van der Waals surface area contributed by atoms with Crippen LogP contribution in [0.15, 0.2) is 97.2 Å². The highest BCUT2D eigenvalue weighted by molar-refractivity contribution is 5.71. The van der Waals surface area contributed by atoms with E-state index in [0.717, 1.165) is 103 Å². The van der Waals surface area contributed by atoms with E-state index in [0.29, 0.717) is 19.3 Å². The fraction of sp³-hybridized carbons (Fsp3) is 0.698. The summed E-state index contributed by atoms with van der Waals surface area (Å²) < 4.78 is 16.9. The molecule has 0 spiro atoms. The number of rotatable bonds is 51. The molecule has 0 aliphatic rings. The molecule has 0 saturated carbocycles. The van der Waals surface area contributed by atoms with Gasteiger partial charge in [0.15, 0.2) is 6.10 Å². The minimum absolute atomic E-state index is 0.0883. The highest BCUT2D eigenvalue weighted by Crippen LogP contribution is 2.16. The zero-order valence-corrected chi connectivity index (χ0v) is 45.0. The molecule has 0 aromatic heterocycles. The Bertz CT molecular complexity index is 1380. The SMILES string of the molecule is CC/C=C\C/C=C\C/C=C\CCCCCCCCCCCC(=O)OCC(COC(=O)CCCCCCCCCCCCCCCC)OC(=O)CCCCCCC\C=C/C=C\C=C/C=C\C=C/CCC. The summed E-state index contributed by atoms with van der Waals surface area (Å²) in [7, 11) is 0. The molecule has 394 valence electrons. The van der Waals surface area contributed by atoms with Crippen molar-refractivity contribution in [2.24, 2.45) is 0 Å². The van der Waals surface area contributed by atoms with E-state index in [1.165, 1.54) is 122 Å². The lowest BCUT2D eigenvalue weighted by atomic mass is 10.0. The lowest BCUT2D eigenvalue weighted by Gasteiger charge is -2.18. The summed E-state index contributed by atoms with van der Waals surface area (Å²) in [6.45, 7) is 6.43. The van der Waals surface area contributed by atoms with Crippen molar-refractivity contribution in [3.8, 4) is 0 Å². The van der Waals surface area contributed by atoms with Crippen molar-refractivity contribution < 1.29 is 28.6 Å². The first-order valence-corrected chi connectivity index (χ1v) is 28.8. The molecule has 0 saturated heterocycles. The second-order valence-electron chi connectivity index (χ2n) is 18.9. The summed E-state index contributed by atoms with van der Waals surface area (Å²) in [6.07, 6.45) is 75.3. The summed E-state index contributed by atoms with van der Waals surface area (Å²) in [5, 5.41) is 0. The van der Waals surface area contributed by atoms with Crippen LogP contribution in [0, 0.1) is 0 Å². The number of carbonyl (C=O) groups is 3. The zero-order valence-electron chi connectivity index (χ0n) is 45.0. The first kappa shape index (κ1) is 65.3. The van der Waals surface area contributed by atoms with Crippen LogP contribution in [0.2, 0.25) is 0 Å². The molecular weight excluding hydrogens is 853 g/mol. The Hall–Kier alpha value is -3.67. The Morgan fingerprint density at radius 3 is 1.07 bits per heavy atom. The van der Waals surface area contributed by atoms with Crippen LogP contribution >= 0.6 is 0 Å². The molecule has 0 N–H and O–H groups in total. The van der Waals surface area contributed by atoms with Gasteiger partial charge in [0.05, 0.1) is 0 Å². The monoisotopic (exact) mass is 959 g/mol. The van der Waals surface area contributed by atoms with Crippen LogP contribution in [0.4, 0.5) is 0 Å². The molecule has 0 aliphatic heterocycles. The normalized spacial score (nSPS) is 12.8. The molecule has 1 unspecified atom stereocenters. The Labute approximate surface area is 426 Å². The van der Waals surface area contributed by atoms with E-state index in [9.17, 15) is 14.4 Å². The van der Waals surface area contributed by atoms with Crippen LogP contribution in [0.1, 0.15) is 265 Å². The van der Waals surface area contributed by atoms with Crippen molar-refractivity contribution >= 4 is 17.9 Å². The van der Waals surface area contributed by atoms with Gasteiger partial charge in [-0.15, -0.1) is 0 Å². The van der Waals surface area contributed by atoms with E-state index >= 15 is 0 Å². The third-order valence-electron chi connectivity index (χ3n) is 12.2. The Morgan fingerprint density at radius 1 is 0.319 bits per heavy atom. The smallest absolute Gasteiger partial charge is 0.306 e. The van der Waals surface area contributed by atoms with Gasteiger partial charge in [-0.1, -0.05) is 272 Å². The average molecular weight is 960 g/mol. The van der Waals surface area contributed by atoms with Crippen LogP contribution in [-0.2, 0) is 28.6 Å². The van der Waals surface area contributed by atoms with Crippen LogP contribution in [0.25, 0.3) is 0 Å². The minimum atomic E-state index is -0.793. The van der Waals surface area contributed by atoms with Gasteiger partial charge in [0.1, 0.15) is 13.2 Å². The predicted molar refractivity (Wildman–Crippen MR) is 297 cm³/mol. The molecule has 0 aromatic carbocycles. The third kappa shape index (κ3) is 55.1. The van der Waals surface area contributed by atoms with E-state index in [1.54, 1.807) is 0 Å². The van der Waals surface area contributed by atoms with Gasteiger partial charge in [-0.05, 0) is 70.6 Å². The summed E-state index contributed by atoms with van der Waals surface area (Å²) >= 11 is 0. The fourth-order valence-corrected chi connectivity index (χ4v) is 7.90. The van der Waals surface area contributed by atoms with Crippen molar-refractivity contribution in [3.63, 3.8) is 0 Å². The van der Waals surface area contributed by atoms with Crippen LogP contribution in [0.5, 0.6) is 0 Å². The Morgan fingerprint density at radius 2 is 0.652 bits per heavy atom. The number of ether oxygens (including phenoxy) is 3. The number of unbranched alkanes of at least 4 members (excludes halogenated alkanes) is 28. The zero-order chi connectivity index (χ0) is 50.0. The summed E-state index contributed by atoms with van der Waals surface area (Å²) in [4.78, 5) is 38.2. The van der Waals surface area contributed by atoms with E-state index < -0.39 is 6.10 Å². The first-order chi connectivity index (χ1) is 34.0. The molecule has 0 heterocycles. The molecule has 0 aliphatic carbocycles. The number of hydrogen-bond acceptors (Lipinski definition) is 6. The maximum absolute atomic E-state index is 12.9. The van der Waals surface area contributed by atoms with Crippen molar-refractivity contribution in [1.29, 1.82) is 0 Å². The quantitative estimate of drug-likeness (QED) is 0.0199. The molecule has 69 heavy (non-hydrogen) atoms. The largest absolute Gasteiger partial charge is 0.462 e.